The van der Waals surface area contributed by atoms with Gasteiger partial charge in [0.2, 0.25) is 5.88 Å². The summed E-state index contributed by atoms with van der Waals surface area (Å²) in [6, 6.07) is 18.8. The minimum Gasteiger partial charge on any atom is -0.379 e. The van der Waals surface area contributed by atoms with Crippen molar-refractivity contribution in [2.24, 2.45) is 5.73 Å². The molecule has 1 aliphatic rings. The van der Waals surface area contributed by atoms with Gasteiger partial charge in [0, 0.05) is 43.4 Å². The third kappa shape index (κ3) is 6.06. The molecule has 1 aliphatic heterocycles. The first-order valence-corrected chi connectivity index (χ1v) is 11.2. The van der Waals surface area contributed by atoms with E-state index in [1.165, 1.54) is 0 Å². The molecule has 0 bridgehead atoms. The summed E-state index contributed by atoms with van der Waals surface area (Å²) in [5.74, 6) is 0.412. The number of nitrogens with zero attached hydrogens (tertiary/aromatic N) is 3. The number of guanidine groups is 1. The van der Waals surface area contributed by atoms with E-state index in [1.807, 2.05) is 60.7 Å². The van der Waals surface area contributed by atoms with Gasteiger partial charge in [0.15, 0.2) is 11.7 Å². The fraction of sp³-hybridized carbons (Fsp3) is 0.320. The van der Waals surface area contributed by atoms with Crippen LogP contribution in [0.4, 0.5) is 5.88 Å². The number of carbonyl (C=O) groups is 1. The maximum absolute atomic E-state index is 12.7. The number of nitrogens with one attached hydrogen (secondary N) is 1. The van der Waals surface area contributed by atoms with E-state index >= 15 is 0 Å². The summed E-state index contributed by atoms with van der Waals surface area (Å²) in [5.41, 5.74) is 8.98. The van der Waals surface area contributed by atoms with Gasteiger partial charge in [-0.1, -0.05) is 53.7 Å². The number of anilines is 1. The fourth-order valence-electron chi connectivity index (χ4n) is 3.86. The molecule has 3 N–H and O–H groups in total. The number of benzene rings is 2. The van der Waals surface area contributed by atoms with Crippen molar-refractivity contribution in [2.45, 2.75) is 12.8 Å². The van der Waals surface area contributed by atoms with Crippen molar-refractivity contribution in [2.75, 3.05) is 44.3 Å². The van der Waals surface area contributed by atoms with E-state index in [1.54, 1.807) is 4.90 Å². The highest BCUT2D eigenvalue weighted by atomic mass is 16.5. The molecule has 8 heteroatoms. The number of nitrogens with two attached hydrogens (primary N) is 1. The number of rotatable bonds is 9. The second-order valence-corrected chi connectivity index (χ2v) is 8.04. The average molecular weight is 448 g/mol. The lowest BCUT2D eigenvalue weighted by atomic mass is 9.99. The van der Waals surface area contributed by atoms with Gasteiger partial charge in [-0.3, -0.25) is 20.0 Å². The summed E-state index contributed by atoms with van der Waals surface area (Å²) in [7, 11) is 0. The molecule has 0 aliphatic carbocycles. The summed E-state index contributed by atoms with van der Waals surface area (Å²) in [6.45, 7) is 4.52. The summed E-state index contributed by atoms with van der Waals surface area (Å²) < 4.78 is 10.9. The number of hydrogen-bond acceptors (Lipinski definition) is 6. The van der Waals surface area contributed by atoms with Gasteiger partial charge in [-0.05, 0) is 24.5 Å². The molecule has 0 amide bonds. The fourth-order valence-corrected chi connectivity index (χ4v) is 3.86. The Morgan fingerprint density at radius 3 is 2.55 bits per heavy atom. The number of aryl methyl sites for hydroxylation is 2. The van der Waals surface area contributed by atoms with Crippen molar-refractivity contribution in [1.29, 1.82) is 5.41 Å². The summed E-state index contributed by atoms with van der Waals surface area (Å²) in [6.07, 6.45) is 1.37. The highest BCUT2D eigenvalue weighted by molar-refractivity contribution is 6.09. The monoisotopic (exact) mass is 447 g/mol. The van der Waals surface area contributed by atoms with Crippen LogP contribution >= 0.6 is 0 Å². The third-order valence-corrected chi connectivity index (χ3v) is 5.74. The van der Waals surface area contributed by atoms with Crippen LogP contribution in [-0.2, 0) is 17.6 Å². The molecule has 1 fully saturated rings. The zero-order chi connectivity index (χ0) is 23.0. The van der Waals surface area contributed by atoms with Crippen molar-refractivity contribution >= 4 is 17.6 Å². The first kappa shape index (κ1) is 22.7. The quantitative estimate of drug-likeness (QED) is 0.295. The van der Waals surface area contributed by atoms with Gasteiger partial charge in [0.1, 0.15) is 0 Å². The number of hydrogen-bond donors (Lipinski definition) is 2. The molecular weight excluding hydrogens is 418 g/mol. The van der Waals surface area contributed by atoms with Gasteiger partial charge in [0.05, 0.1) is 18.9 Å². The Hall–Kier alpha value is -3.49. The summed E-state index contributed by atoms with van der Waals surface area (Å²) >= 11 is 0. The van der Waals surface area contributed by atoms with E-state index in [2.05, 4.69) is 10.1 Å². The normalized spacial score (nSPS) is 14.2. The Labute approximate surface area is 193 Å². The molecule has 172 valence electrons. The van der Waals surface area contributed by atoms with Crippen molar-refractivity contribution in [3.05, 3.63) is 83.0 Å². The molecule has 3 aromatic rings. The van der Waals surface area contributed by atoms with Crippen LogP contribution in [0.1, 0.15) is 27.2 Å². The van der Waals surface area contributed by atoms with Gasteiger partial charge in [-0.2, -0.15) is 0 Å². The number of ketones is 1. The Bertz CT molecular complexity index is 1080. The highest BCUT2D eigenvalue weighted by Gasteiger charge is 2.18. The van der Waals surface area contributed by atoms with E-state index in [0.29, 0.717) is 30.0 Å². The molecule has 0 spiro atoms. The lowest BCUT2D eigenvalue weighted by Gasteiger charge is -2.28. The predicted molar refractivity (Wildman–Crippen MR) is 127 cm³/mol. The summed E-state index contributed by atoms with van der Waals surface area (Å²) in [5, 5.41) is 12.1. The molecule has 2 heterocycles. The van der Waals surface area contributed by atoms with Crippen molar-refractivity contribution in [3.63, 3.8) is 0 Å². The number of aromatic nitrogens is 1. The van der Waals surface area contributed by atoms with Crippen LogP contribution < -0.4 is 10.6 Å². The molecule has 4 rings (SSSR count). The van der Waals surface area contributed by atoms with E-state index < -0.39 is 0 Å². The van der Waals surface area contributed by atoms with E-state index in [4.69, 9.17) is 20.4 Å². The topological polar surface area (TPSA) is 109 Å². The Morgan fingerprint density at radius 1 is 1.03 bits per heavy atom. The van der Waals surface area contributed by atoms with Gasteiger partial charge in [-0.25, -0.2) is 0 Å². The largest absolute Gasteiger partial charge is 0.379 e. The number of morpholine rings is 1. The van der Waals surface area contributed by atoms with Crippen molar-refractivity contribution in [3.8, 4) is 0 Å². The van der Waals surface area contributed by atoms with Crippen LogP contribution in [0.25, 0.3) is 0 Å². The van der Waals surface area contributed by atoms with E-state index in [0.717, 1.165) is 50.5 Å². The zero-order valence-electron chi connectivity index (χ0n) is 18.6. The predicted octanol–water partition coefficient (Wildman–Crippen LogP) is 2.72. The molecular formula is C25H29N5O3. The maximum atomic E-state index is 12.7. The van der Waals surface area contributed by atoms with Crippen LogP contribution in [0, 0.1) is 5.41 Å². The van der Waals surface area contributed by atoms with Gasteiger partial charge in [0.25, 0.3) is 0 Å². The van der Waals surface area contributed by atoms with Crippen LogP contribution in [0.5, 0.6) is 0 Å². The zero-order valence-corrected chi connectivity index (χ0v) is 18.6. The Kier molecular flexibility index (Phi) is 7.49. The molecule has 0 atom stereocenters. The minimum absolute atomic E-state index is 0.0125. The molecule has 33 heavy (non-hydrogen) atoms. The molecule has 0 unspecified atom stereocenters. The number of carbonyl (C=O) groups excluding carboxylic acids is 1. The van der Waals surface area contributed by atoms with Crippen LogP contribution in [-0.4, -0.2) is 61.2 Å². The van der Waals surface area contributed by atoms with E-state index in [9.17, 15) is 4.79 Å². The standard InChI is InChI=1S/C25H29N5O3/c26-25(27)30(12-11-29-13-15-32-16-14-29)23-18-22(28-33-23)10-9-19-5-4-8-21(17-19)24(31)20-6-2-1-3-7-20/h1-8,17-18H,9-16H2,(H3,26,27). The lowest BCUT2D eigenvalue weighted by Crippen LogP contribution is -2.45. The van der Waals surface area contributed by atoms with E-state index in [-0.39, 0.29) is 11.7 Å². The van der Waals surface area contributed by atoms with Crippen molar-refractivity contribution < 1.29 is 14.1 Å². The Morgan fingerprint density at radius 2 is 1.79 bits per heavy atom. The molecule has 8 nitrogen and oxygen atoms in total. The maximum Gasteiger partial charge on any atom is 0.234 e. The number of ether oxygens (including phenoxy) is 1. The first-order chi connectivity index (χ1) is 16.1. The molecule has 1 aromatic heterocycles. The summed E-state index contributed by atoms with van der Waals surface area (Å²) in [4.78, 5) is 16.6. The average Bonchev–Trinajstić information content (AvgIpc) is 3.32. The third-order valence-electron chi connectivity index (χ3n) is 5.74. The van der Waals surface area contributed by atoms with Gasteiger partial charge in [-0.15, -0.1) is 0 Å². The first-order valence-electron chi connectivity index (χ1n) is 11.2. The molecule has 2 aromatic carbocycles. The molecule has 0 radical (unpaired) electrons. The van der Waals surface area contributed by atoms with Crippen molar-refractivity contribution in [1.82, 2.24) is 10.1 Å². The smallest absolute Gasteiger partial charge is 0.234 e. The van der Waals surface area contributed by atoms with Crippen LogP contribution in [0.3, 0.4) is 0 Å². The molecule has 1 saturated heterocycles. The SMILES string of the molecule is N=C(N)N(CCN1CCOCC1)c1cc(CCc2cccc(C(=O)c3ccccc3)c2)no1. The van der Waals surface area contributed by atoms with Gasteiger partial charge < -0.3 is 15.0 Å². The highest BCUT2D eigenvalue weighted by Crippen LogP contribution is 2.18. The minimum atomic E-state index is -0.0712. The second kappa shape index (κ2) is 10.9. The van der Waals surface area contributed by atoms with Crippen LogP contribution in [0.15, 0.2) is 65.2 Å². The van der Waals surface area contributed by atoms with Crippen LogP contribution in [0.2, 0.25) is 0 Å². The lowest BCUT2D eigenvalue weighted by molar-refractivity contribution is 0.0394. The Balaban J connectivity index is 1.36. The van der Waals surface area contributed by atoms with Gasteiger partial charge >= 0.3 is 0 Å². The molecule has 0 saturated carbocycles. The second-order valence-electron chi connectivity index (χ2n) is 8.04.